The van der Waals surface area contributed by atoms with Gasteiger partial charge < -0.3 is 19.1 Å². The molecule has 0 amide bonds. The summed E-state index contributed by atoms with van der Waals surface area (Å²) in [6.07, 6.45) is 2.59. The Balaban J connectivity index is 1.29. The fourth-order valence-electron chi connectivity index (χ4n) is 4.99. The molecule has 0 spiro atoms. The number of ether oxygens (including phenoxy) is 3. The number of hydrogen-bond acceptors (Lipinski definition) is 11. The van der Waals surface area contributed by atoms with Crippen LogP contribution in [0.15, 0.2) is 57.3 Å². The Kier molecular flexibility index (Phi) is 9.11. The number of nitrogens with zero attached hydrogens (tertiary/aromatic N) is 8. The second-order valence-corrected chi connectivity index (χ2v) is 11.3. The van der Waals surface area contributed by atoms with Crippen molar-refractivity contribution in [2.75, 3.05) is 43.7 Å². The van der Waals surface area contributed by atoms with Crippen LogP contribution in [0.3, 0.4) is 0 Å². The molecule has 0 aliphatic carbocycles. The largest absolute Gasteiger partial charge is 0.493 e. The highest BCUT2D eigenvalue weighted by molar-refractivity contribution is 6.35. The normalized spacial score (nSPS) is 13.4. The van der Waals surface area contributed by atoms with Gasteiger partial charge in [-0.1, -0.05) is 29.3 Å². The first-order valence-electron chi connectivity index (χ1n) is 14.2. The Hall–Kier alpha value is -4.99. The van der Waals surface area contributed by atoms with Crippen LogP contribution in [0.2, 0.25) is 10.0 Å². The summed E-state index contributed by atoms with van der Waals surface area (Å²) >= 11 is 12.6. The first kappa shape index (κ1) is 32.0. The number of benzene rings is 2. The summed E-state index contributed by atoms with van der Waals surface area (Å²) < 4.78 is 35.3. The van der Waals surface area contributed by atoms with Gasteiger partial charge in [-0.3, -0.25) is 18.5 Å². The van der Waals surface area contributed by atoms with Crippen LogP contribution in [0.25, 0.3) is 11.2 Å². The van der Waals surface area contributed by atoms with E-state index in [-0.39, 0.29) is 41.2 Å². The van der Waals surface area contributed by atoms with E-state index in [4.69, 9.17) is 37.4 Å². The minimum Gasteiger partial charge on any atom is -0.493 e. The topological polar surface area (TPSA) is 143 Å². The smallest absolute Gasteiger partial charge is 0.332 e. The number of imidazole rings is 1. The maximum Gasteiger partial charge on any atom is 0.332 e. The SMILES string of the molecule is COc1cc(/C=N/Nc2ncc(F)c(N3CCOCC3)n2)ccc1Oc1nc2c(c(=O)n(C)c(=O)n2C)n1Cc1ccc(Cl)cc1Cl. The summed E-state index contributed by atoms with van der Waals surface area (Å²) in [5, 5.41) is 5.02. The van der Waals surface area contributed by atoms with Crippen LogP contribution >= 0.6 is 23.2 Å². The Morgan fingerprint density at radius 1 is 1.06 bits per heavy atom. The van der Waals surface area contributed by atoms with Gasteiger partial charge in [-0.25, -0.2) is 19.6 Å². The van der Waals surface area contributed by atoms with Crippen molar-refractivity contribution in [1.29, 1.82) is 0 Å². The summed E-state index contributed by atoms with van der Waals surface area (Å²) in [7, 11) is 4.38. The lowest BCUT2D eigenvalue weighted by Gasteiger charge is -2.27. The second kappa shape index (κ2) is 13.4. The van der Waals surface area contributed by atoms with Crippen molar-refractivity contribution < 1.29 is 18.6 Å². The number of rotatable bonds is 9. The second-order valence-electron chi connectivity index (χ2n) is 10.4. The van der Waals surface area contributed by atoms with E-state index in [0.717, 1.165) is 10.8 Å². The quantitative estimate of drug-likeness (QED) is 0.180. The highest BCUT2D eigenvalue weighted by Crippen LogP contribution is 2.34. The average Bonchev–Trinajstić information content (AvgIpc) is 3.43. The lowest BCUT2D eigenvalue weighted by Crippen LogP contribution is -2.37. The Labute approximate surface area is 276 Å². The molecule has 0 bridgehead atoms. The van der Waals surface area contributed by atoms with E-state index in [9.17, 15) is 14.0 Å². The number of hydrazone groups is 1. The molecule has 0 unspecified atom stereocenters. The van der Waals surface area contributed by atoms with Crippen molar-refractivity contribution in [1.82, 2.24) is 28.7 Å². The molecule has 17 heteroatoms. The van der Waals surface area contributed by atoms with Crippen LogP contribution in [0.1, 0.15) is 11.1 Å². The Morgan fingerprint density at radius 2 is 1.85 bits per heavy atom. The zero-order chi connectivity index (χ0) is 33.2. The van der Waals surface area contributed by atoms with Crippen LogP contribution in [0.4, 0.5) is 16.2 Å². The summed E-state index contributed by atoms with van der Waals surface area (Å²) in [4.78, 5) is 40.5. The predicted molar refractivity (Wildman–Crippen MR) is 175 cm³/mol. The van der Waals surface area contributed by atoms with Gasteiger partial charge in [0, 0.05) is 37.2 Å². The zero-order valence-corrected chi connectivity index (χ0v) is 26.9. The molecule has 5 aromatic rings. The summed E-state index contributed by atoms with van der Waals surface area (Å²) in [6.45, 7) is 2.10. The maximum absolute atomic E-state index is 14.4. The molecule has 6 rings (SSSR count). The molecule has 3 aromatic heterocycles. The highest BCUT2D eigenvalue weighted by Gasteiger charge is 2.23. The van der Waals surface area contributed by atoms with E-state index in [0.29, 0.717) is 53.2 Å². The number of morpholine rings is 1. The summed E-state index contributed by atoms with van der Waals surface area (Å²) in [5.74, 6) is 0.360. The van der Waals surface area contributed by atoms with Gasteiger partial charge in [0.05, 0.1) is 39.3 Å². The van der Waals surface area contributed by atoms with E-state index in [1.165, 1.54) is 32.0 Å². The van der Waals surface area contributed by atoms with E-state index in [2.05, 4.69) is 25.5 Å². The molecule has 2 aromatic carbocycles. The van der Waals surface area contributed by atoms with E-state index >= 15 is 0 Å². The third kappa shape index (κ3) is 6.50. The van der Waals surface area contributed by atoms with Gasteiger partial charge in [0.15, 0.2) is 34.3 Å². The van der Waals surface area contributed by atoms with Gasteiger partial charge in [-0.15, -0.1) is 0 Å². The molecule has 0 saturated carbocycles. The molecular formula is C30H28Cl2FN9O5. The lowest BCUT2D eigenvalue weighted by molar-refractivity contribution is 0.122. The van der Waals surface area contributed by atoms with Crippen molar-refractivity contribution in [3.63, 3.8) is 0 Å². The molecule has 4 heterocycles. The molecule has 1 fully saturated rings. The first-order chi connectivity index (χ1) is 22.6. The minimum absolute atomic E-state index is 0.0234. The molecule has 1 N–H and O–H groups in total. The van der Waals surface area contributed by atoms with E-state index < -0.39 is 17.1 Å². The number of aryl methyl sites for hydroxylation is 1. The van der Waals surface area contributed by atoms with Crippen molar-refractivity contribution in [2.45, 2.75) is 6.54 Å². The molecule has 1 aliphatic heterocycles. The zero-order valence-electron chi connectivity index (χ0n) is 25.4. The number of halogens is 3. The number of fused-ring (bicyclic) bond motifs is 1. The van der Waals surface area contributed by atoms with Gasteiger partial charge in [0.1, 0.15) is 0 Å². The molecule has 0 atom stereocenters. The van der Waals surface area contributed by atoms with Crippen LogP contribution in [0, 0.1) is 5.82 Å². The lowest BCUT2D eigenvalue weighted by atomic mass is 10.2. The number of hydrogen-bond donors (Lipinski definition) is 1. The monoisotopic (exact) mass is 683 g/mol. The standard InChI is InChI=1S/C30H28Cl2FN9O5/c1-39-26-24(27(43)40(2)30(39)44)42(16-18-5-6-19(31)13-20(18)32)29(37-26)47-22-7-4-17(12-23(22)45-3)14-35-38-28-34-15-21(33)25(36-28)41-8-10-46-11-9-41/h4-7,12-15H,8-11,16H2,1-3H3,(H,34,36,38)/b35-14+. The van der Waals surface area contributed by atoms with Gasteiger partial charge in [0.25, 0.3) is 5.56 Å². The van der Waals surface area contributed by atoms with Gasteiger partial charge in [0.2, 0.25) is 5.95 Å². The maximum atomic E-state index is 14.4. The van der Waals surface area contributed by atoms with Gasteiger partial charge in [-0.05, 0) is 41.5 Å². The van der Waals surface area contributed by atoms with Gasteiger partial charge in [-0.2, -0.15) is 15.1 Å². The van der Waals surface area contributed by atoms with E-state index in [1.807, 2.05) is 0 Å². The Bertz CT molecular complexity index is 2130. The Morgan fingerprint density at radius 3 is 2.60 bits per heavy atom. The molecule has 1 saturated heterocycles. The fraction of sp³-hybridized carbons (Fsp3) is 0.267. The molecule has 14 nitrogen and oxygen atoms in total. The van der Waals surface area contributed by atoms with Crippen molar-refractivity contribution >= 4 is 52.3 Å². The van der Waals surface area contributed by atoms with Crippen molar-refractivity contribution in [2.24, 2.45) is 19.2 Å². The third-order valence-electron chi connectivity index (χ3n) is 7.46. The van der Waals surface area contributed by atoms with Crippen molar-refractivity contribution in [3.8, 4) is 17.5 Å². The number of anilines is 2. The molecular weight excluding hydrogens is 656 g/mol. The summed E-state index contributed by atoms with van der Waals surface area (Å²) in [5.41, 5.74) is 3.17. The van der Waals surface area contributed by atoms with Crippen LogP contribution in [0.5, 0.6) is 17.5 Å². The molecule has 1 aliphatic rings. The number of nitrogens with one attached hydrogen (secondary N) is 1. The summed E-state index contributed by atoms with van der Waals surface area (Å²) in [6, 6.07) is 10.1. The number of aromatic nitrogens is 6. The fourth-order valence-corrected chi connectivity index (χ4v) is 5.46. The molecule has 47 heavy (non-hydrogen) atoms. The van der Waals surface area contributed by atoms with Crippen LogP contribution < -0.4 is 31.0 Å². The number of methoxy groups -OCH3 is 1. The first-order valence-corrected chi connectivity index (χ1v) is 15.0. The van der Waals surface area contributed by atoms with Crippen molar-refractivity contribution in [3.05, 3.63) is 90.4 Å². The van der Waals surface area contributed by atoms with E-state index in [1.54, 1.807) is 45.9 Å². The molecule has 0 radical (unpaired) electrons. The molecule has 244 valence electrons. The third-order valence-corrected chi connectivity index (χ3v) is 8.05. The van der Waals surface area contributed by atoms with Gasteiger partial charge >= 0.3 is 11.7 Å². The van der Waals surface area contributed by atoms with Crippen LogP contribution in [-0.4, -0.2) is 68.3 Å². The highest BCUT2D eigenvalue weighted by atomic mass is 35.5. The average molecular weight is 685 g/mol. The predicted octanol–water partition coefficient (Wildman–Crippen LogP) is 3.80. The van der Waals surface area contributed by atoms with Crippen LogP contribution in [-0.2, 0) is 25.4 Å². The minimum atomic E-state index is -0.552.